The van der Waals surface area contributed by atoms with Crippen molar-refractivity contribution < 1.29 is 4.79 Å². The summed E-state index contributed by atoms with van der Waals surface area (Å²) in [6.07, 6.45) is 6.08. The number of hydrogen-bond acceptors (Lipinski definition) is 3. The Morgan fingerprint density at radius 2 is 2.20 bits per heavy atom. The number of rotatable bonds is 4. The molecule has 0 aliphatic heterocycles. The normalized spacial score (nSPS) is 17.9. The fraction of sp³-hybridized carbons (Fsp3) is 0.583. The highest BCUT2D eigenvalue weighted by Gasteiger charge is 2.20. The predicted octanol–water partition coefficient (Wildman–Crippen LogP) is 3.99. The molecule has 1 saturated carbocycles. The van der Waals surface area contributed by atoms with Crippen LogP contribution in [0.3, 0.4) is 0 Å². The van der Waals surface area contributed by atoms with E-state index in [2.05, 4.69) is 11.4 Å². The van der Waals surface area contributed by atoms with Gasteiger partial charge in [-0.15, -0.1) is 23.1 Å². The minimum Gasteiger partial charge on any atom is -0.298 e. The third-order valence-electron chi connectivity index (χ3n) is 2.91. The zero-order valence-corrected chi connectivity index (χ0v) is 10.4. The van der Waals surface area contributed by atoms with Crippen molar-refractivity contribution in [3.8, 4) is 0 Å². The van der Waals surface area contributed by atoms with E-state index in [9.17, 15) is 4.79 Å². The molecule has 82 valence electrons. The standard InChI is InChI=1S/C12H16OS2/c13-11(10-5-2-1-3-6-10)9-15-12-7-4-8-14-12/h4,7-8,10H,1-3,5-6,9H2. The summed E-state index contributed by atoms with van der Waals surface area (Å²) in [5.74, 6) is 1.50. The van der Waals surface area contributed by atoms with Crippen LogP contribution in [0.2, 0.25) is 0 Å². The second-order valence-electron chi connectivity index (χ2n) is 4.02. The third-order valence-corrected chi connectivity index (χ3v) is 5.07. The second-order valence-corrected chi connectivity index (χ2v) is 6.25. The van der Waals surface area contributed by atoms with Crippen LogP contribution in [0.1, 0.15) is 32.1 Å². The second kappa shape index (κ2) is 5.71. The molecule has 0 N–H and O–H groups in total. The number of carbonyl (C=O) groups excluding carboxylic acids is 1. The Morgan fingerprint density at radius 3 is 2.87 bits per heavy atom. The first-order valence-electron chi connectivity index (χ1n) is 5.55. The zero-order chi connectivity index (χ0) is 10.5. The first-order valence-corrected chi connectivity index (χ1v) is 7.42. The van der Waals surface area contributed by atoms with Crippen molar-refractivity contribution in [2.24, 2.45) is 5.92 Å². The van der Waals surface area contributed by atoms with Crippen LogP contribution in [0.15, 0.2) is 21.7 Å². The first kappa shape index (κ1) is 11.2. The van der Waals surface area contributed by atoms with E-state index in [1.165, 1.54) is 23.5 Å². The SMILES string of the molecule is O=C(CSc1cccs1)C1CCCCC1. The van der Waals surface area contributed by atoms with Crippen LogP contribution in [0, 0.1) is 5.92 Å². The number of thiophene rings is 1. The minimum atomic E-state index is 0.367. The van der Waals surface area contributed by atoms with Crippen molar-refractivity contribution in [3.63, 3.8) is 0 Å². The molecule has 1 aromatic rings. The molecule has 1 aliphatic carbocycles. The van der Waals surface area contributed by atoms with Crippen molar-refractivity contribution in [2.45, 2.75) is 36.3 Å². The molecule has 3 heteroatoms. The highest BCUT2D eigenvalue weighted by atomic mass is 32.2. The van der Waals surface area contributed by atoms with Crippen LogP contribution >= 0.6 is 23.1 Å². The third kappa shape index (κ3) is 3.35. The quantitative estimate of drug-likeness (QED) is 0.740. The number of Topliss-reactive ketones (excluding diaryl/α,β-unsaturated/α-hetero) is 1. The van der Waals surface area contributed by atoms with Crippen molar-refractivity contribution in [3.05, 3.63) is 17.5 Å². The summed E-state index contributed by atoms with van der Waals surface area (Å²) in [5.41, 5.74) is 0. The zero-order valence-electron chi connectivity index (χ0n) is 8.78. The van der Waals surface area contributed by atoms with Crippen LogP contribution < -0.4 is 0 Å². The number of thioether (sulfide) groups is 1. The molecule has 0 aromatic carbocycles. The lowest BCUT2D eigenvalue weighted by atomic mass is 9.87. The van der Waals surface area contributed by atoms with Gasteiger partial charge in [0, 0.05) is 5.92 Å². The molecule has 1 nitrogen and oxygen atoms in total. The van der Waals surface area contributed by atoms with Gasteiger partial charge in [-0.25, -0.2) is 0 Å². The van der Waals surface area contributed by atoms with E-state index in [1.807, 2.05) is 6.07 Å². The largest absolute Gasteiger partial charge is 0.298 e. The molecular formula is C12H16OS2. The maximum atomic E-state index is 11.9. The molecular weight excluding hydrogens is 224 g/mol. The van der Waals surface area contributed by atoms with Gasteiger partial charge < -0.3 is 0 Å². The summed E-state index contributed by atoms with van der Waals surface area (Å²) in [6.45, 7) is 0. The van der Waals surface area contributed by atoms with Gasteiger partial charge in [0.2, 0.25) is 0 Å². The van der Waals surface area contributed by atoms with Crippen LogP contribution in [0.5, 0.6) is 0 Å². The van der Waals surface area contributed by atoms with Gasteiger partial charge >= 0.3 is 0 Å². The highest BCUT2D eigenvalue weighted by molar-refractivity contribution is 8.01. The van der Waals surface area contributed by atoms with Crippen molar-refractivity contribution in [2.75, 3.05) is 5.75 Å². The van der Waals surface area contributed by atoms with Crippen molar-refractivity contribution in [1.82, 2.24) is 0 Å². The van der Waals surface area contributed by atoms with Gasteiger partial charge in [-0.1, -0.05) is 25.3 Å². The minimum absolute atomic E-state index is 0.367. The van der Waals surface area contributed by atoms with E-state index in [0.29, 0.717) is 17.5 Å². The molecule has 0 radical (unpaired) electrons. The van der Waals surface area contributed by atoms with Gasteiger partial charge in [-0.3, -0.25) is 4.79 Å². The topological polar surface area (TPSA) is 17.1 Å². The summed E-state index contributed by atoms with van der Waals surface area (Å²) < 4.78 is 1.26. The first-order chi connectivity index (χ1) is 7.36. The van der Waals surface area contributed by atoms with Crippen LogP contribution in [-0.2, 0) is 4.79 Å². The Balaban J connectivity index is 1.76. The van der Waals surface area contributed by atoms with Crippen LogP contribution in [0.4, 0.5) is 0 Å². The Hall–Kier alpha value is -0.280. The van der Waals surface area contributed by atoms with Gasteiger partial charge in [0.15, 0.2) is 0 Å². The van der Waals surface area contributed by atoms with E-state index < -0.39 is 0 Å². The molecule has 0 saturated heterocycles. The Labute approximate surface area is 99.3 Å². The molecule has 1 aliphatic rings. The molecule has 0 spiro atoms. The average molecular weight is 240 g/mol. The van der Waals surface area contributed by atoms with Gasteiger partial charge in [-0.2, -0.15) is 0 Å². The Kier molecular flexibility index (Phi) is 4.27. The fourth-order valence-electron chi connectivity index (χ4n) is 2.03. The summed E-state index contributed by atoms with van der Waals surface area (Å²) >= 11 is 3.42. The highest BCUT2D eigenvalue weighted by Crippen LogP contribution is 2.28. The monoisotopic (exact) mass is 240 g/mol. The summed E-state index contributed by atoms with van der Waals surface area (Å²) in [7, 11) is 0. The molecule has 0 amide bonds. The molecule has 0 atom stereocenters. The Bertz CT molecular complexity index is 299. The summed E-state index contributed by atoms with van der Waals surface area (Å²) in [4.78, 5) is 11.9. The van der Waals surface area contributed by atoms with Crippen LogP contribution in [-0.4, -0.2) is 11.5 Å². The van der Waals surface area contributed by atoms with Crippen molar-refractivity contribution >= 4 is 28.9 Å². The predicted molar refractivity (Wildman–Crippen MR) is 66.6 cm³/mol. The molecule has 0 unspecified atom stereocenters. The molecule has 1 heterocycles. The molecule has 2 rings (SSSR count). The van der Waals surface area contributed by atoms with Gasteiger partial charge in [-0.05, 0) is 24.3 Å². The van der Waals surface area contributed by atoms with Gasteiger partial charge in [0.25, 0.3) is 0 Å². The lowest BCUT2D eigenvalue weighted by Gasteiger charge is -2.19. The van der Waals surface area contributed by atoms with E-state index in [0.717, 1.165) is 12.8 Å². The average Bonchev–Trinajstić information content (AvgIpc) is 2.80. The summed E-state index contributed by atoms with van der Waals surface area (Å²) in [5, 5.41) is 2.06. The maximum absolute atomic E-state index is 11.9. The lowest BCUT2D eigenvalue weighted by Crippen LogP contribution is -2.19. The van der Waals surface area contributed by atoms with Gasteiger partial charge in [0.05, 0.1) is 9.96 Å². The number of ketones is 1. The fourth-order valence-corrected chi connectivity index (χ4v) is 3.79. The maximum Gasteiger partial charge on any atom is 0.146 e. The van der Waals surface area contributed by atoms with E-state index in [4.69, 9.17) is 0 Å². The lowest BCUT2D eigenvalue weighted by molar-refractivity contribution is -0.121. The Morgan fingerprint density at radius 1 is 1.40 bits per heavy atom. The molecule has 1 fully saturated rings. The molecule has 15 heavy (non-hydrogen) atoms. The molecule has 1 aromatic heterocycles. The molecule has 0 bridgehead atoms. The smallest absolute Gasteiger partial charge is 0.146 e. The number of carbonyl (C=O) groups is 1. The van der Waals surface area contributed by atoms with E-state index in [1.54, 1.807) is 23.1 Å². The van der Waals surface area contributed by atoms with E-state index in [-0.39, 0.29) is 0 Å². The number of hydrogen-bond donors (Lipinski definition) is 0. The van der Waals surface area contributed by atoms with E-state index >= 15 is 0 Å². The van der Waals surface area contributed by atoms with Crippen LogP contribution in [0.25, 0.3) is 0 Å². The van der Waals surface area contributed by atoms with Gasteiger partial charge in [0.1, 0.15) is 5.78 Å². The van der Waals surface area contributed by atoms with Crippen molar-refractivity contribution in [1.29, 1.82) is 0 Å². The summed E-state index contributed by atoms with van der Waals surface area (Å²) in [6, 6.07) is 4.13.